The first-order valence-electron chi connectivity index (χ1n) is 5.67. The van der Waals surface area contributed by atoms with Gasteiger partial charge in [-0.3, -0.25) is 19.7 Å². The van der Waals surface area contributed by atoms with Crippen molar-refractivity contribution in [2.45, 2.75) is 6.92 Å². The Balaban J connectivity index is 3.07. The molecule has 0 saturated heterocycles. The maximum atomic E-state index is 11.7. The molecular formula is C13H11NO7. The predicted molar refractivity (Wildman–Crippen MR) is 70.3 cm³/mol. The fourth-order valence-corrected chi connectivity index (χ4v) is 1.40. The third-order valence-corrected chi connectivity index (χ3v) is 2.33. The van der Waals surface area contributed by atoms with E-state index >= 15 is 0 Å². The number of carboxylic acid groups (broad SMARTS) is 1. The Labute approximate surface area is 118 Å². The number of rotatable bonds is 6. The molecule has 8 heteroatoms. The molecule has 0 aromatic heterocycles. The summed E-state index contributed by atoms with van der Waals surface area (Å²) in [4.78, 5) is 43.3. The van der Waals surface area contributed by atoms with Crippen LogP contribution in [0.5, 0.6) is 0 Å². The highest BCUT2D eigenvalue weighted by Crippen LogP contribution is 2.16. The van der Waals surface area contributed by atoms with Crippen LogP contribution in [0.1, 0.15) is 12.5 Å². The number of hydrogen-bond donors (Lipinski definition) is 1. The second-order valence-electron chi connectivity index (χ2n) is 3.92. The number of carboxylic acids is 1. The third kappa shape index (κ3) is 4.86. The quantitative estimate of drug-likeness (QED) is 0.208. The molecule has 1 rings (SSSR count). The number of ketones is 1. The zero-order chi connectivity index (χ0) is 16.0. The summed E-state index contributed by atoms with van der Waals surface area (Å²) in [5.41, 5.74) is -0.685. The van der Waals surface area contributed by atoms with E-state index in [9.17, 15) is 24.5 Å². The summed E-state index contributed by atoms with van der Waals surface area (Å²) in [6, 6.07) is 5.13. The lowest BCUT2D eigenvalue weighted by atomic mass is 10.1. The lowest BCUT2D eigenvalue weighted by Gasteiger charge is -2.03. The van der Waals surface area contributed by atoms with Gasteiger partial charge in [0.25, 0.3) is 5.69 Å². The lowest BCUT2D eigenvalue weighted by Crippen LogP contribution is -2.19. The molecule has 1 aromatic carbocycles. The minimum absolute atomic E-state index is 0.178. The summed E-state index contributed by atoms with van der Waals surface area (Å²) in [6.07, 6.45) is 0.987. The maximum absolute atomic E-state index is 11.7. The molecule has 0 atom stereocenters. The van der Waals surface area contributed by atoms with E-state index in [2.05, 4.69) is 4.74 Å². The topological polar surface area (TPSA) is 124 Å². The molecule has 110 valence electrons. The van der Waals surface area contributed by atoms with Crippen LogP contribution < -0.4 is 0 Å². The number of esters is 1. The van der Waals surface area contributed by atoms with Crippen LogP contribution in [-0.2, 0) is 19.1 Å². The van der Waals surface area contributed by atoms with Gasteiger partial charge in [-0.1, -0.05) is 12.1 Å². The van der Waals surface area contributed by atoms with Gasteiger partial charge in [0.15, 0.2) is 6.61 Å². The van der Waals surface area contributed by atoms with Gasteiger partial charge in [-0.2, -0.15) is 0 Å². The van der Waals surface area contributed by atoms with Crippen molar-refractivity contribution in [1.82, 2.24) is 0 Å². The van der Waals surface area contributed by atoms with Crippen LogP contribution in [0.2, 0.25) is 0 Å². The Morgan fingerprint density at radius 1 is 1.38 bits per heavy atom. The summed E-state index contributed by atoms with van der Waals surface area (Å²) >= 11 is 0. The largest absolute Gasteiger partial charge is 0.478 e. The molecule has 0 unspecified atom stereocenters. The highest BCUT2D eigenvalue weighted by Gasteiger charge is 2.19. The Bertz CT molecular complexity index is 633. The number of Topliss-reactive ketones (excluding diaryl/α,β-unsaturated/α-hetero) is 1. The zero-order valence-electron chi connectivity index (χ0n) is 10.9. The highest BCUT2D eigenvalue weighted by molar-refractivity contribution is 6.20. The van der Waals surface area contributed by atoms with Crippen molar-refractivity contribution in [3.05, 3.63) is 45.5 Å². The monoisotopic (exact) mass is 293 g/mol. The smallest absolute Gasteiger partial charge is 0.339 e. The van der Waals surface area contributed by atoms with Gasteiger partial charge in [-0.25, -0.2) is 4.79 Å². The second kappa shape index (κ2) is 6.94. The van der Waals surface area contributed by atoms with E-state index in [-0.39, 0.29) is 11.3 Å². The van der Waals surface area contributed by atoms with Crippen molar-refractivity contribution >= 4 is 29.5 Å². The van der Waals surface area contributed by atoms with E-state index in [1.165, 1.54) is 18.2 Å². The Morgan fingerprint density at radius 2 is 2.05 bits per heavy atom. The SMILES string of the molecule is CC(=O)OCC(=O)/C(=C\c1cccc([N+](=O)[O-])c1)C(=O)O. The fraction of sp³-hybridized carbons (Fsp3) is 0.154. The molecule has 0 aliphatic carbocycles. The number of ether oxygens (including phenoxy) is 1. The van der Waals surface area contributed by atoms with Crippen molar-refractivity contribution < 1.29 is 29.2 Å². The van der Waals surface area contributed by atoms with Crippen molar-refractivity contribution in [1.29, 1.82) is 0 Å². The van der Waals surface area contributed by atoms with Crippen molar-refractivity contribution in [3.63, 3.8) is 0 Å². The second-order valence-corrected chi connectivity index (χ2v) is 3.92. The van der Waals surface area contributed by atoms with Crippen LogP contribution >= 0.6 is 0 Å². The average molecular weight is 293 g/mol. The molecular weight excluding hydrogens is 282 g/mol. The standard InChI is InChI=1S/C13H11NO7/c1-8(15)21-7-12(16)11(13(17)18)6-9-3-2-4-10(5-9)14(19)20/h2-6H,7H2,1H3,(H,17,18)/b11-6+. The van der Waals surface area contributed by atoms with Crippen LogP contribution in [0.3, 0.4) is 0 Å². The number of aliphatic carboxylic acids is 1. The maximum Gasteiger partial charge on any atom is 0.339 e. The molecule has 1 N–H and O–H groups in total. The van der Waals surface area contributed by atoms with Gasteiger partial charge < -0.3 is 9.84 Å². The summed E-state index contributed by atoms with van der Waals surface area (Å²) in [6.45, 7) is 0.375. The zero-order valence-corrected chi connectivity index (χ0v) is 10.9. The van der Waals surface area contributed by atoms with Crippen molar-refractivity contribution in [3.8, 4) is 0 Å². The lowest BCUT2D eigenvalue weighted by molar-refractivity contribution is -0.384. The molecule has 8 nitrogen and oxygen atoms in total. The molecule has 1 aromatic rings. The number of nitrogens with zero attached hydrogens (tertiary/aromatic N) is 1. The summed E-state index contributed by atoms with van der Waals surface area (Å²) in [5.74, 6) is -3.15. The molecule has 0 saturated carbocycles. The number of hydrogen-bond acceptors (Lipinski definition) is 6. The molecule has 0 amide bonds. The fourth-order valence-electron chi connectivity index (χ4n) is 1.40. The van der Waals surface area contributed by atoms with E-state index in [4.69, 9.17) is 5.11 Å². The summed E-state index contributed by atoms with van der Waals surface area (Å²) in [5, 5.41) is 19.6. The van der Waals surface area contributed by atoms with Crippen LogP contribution in [0.15, 0.2) is 29.8 Å². The number of carbonyl (C=O) groups is 3. The Hall–Kier alpha value is -3.03. The van der Waals surface area contributed by atoms with Crippen molar-refractivity contribution in [2.24, 2.45) is 0 Å². The Morgan fingerprint density at radius 3 is 2.57 bits per heavy atom. The van der Waals surface area contributed by atoms with Crippen molar-refractivity contribution in [2.75, 3.05) is 6.61 Å². The number of non-ortho nitro benzene ring substituents is 1. The number of benzene rings is 1. The Kier molecular flexibility index (Phi) is 5.30. The number of nitro groups is 1. The molecule has 0 heterocycles. The van der Waals surface area contributed by atoms with E-state index in [1.54, 1.807) is 0 Å². The van der Waals surface area contributed by atoms with Gasteiger partial charge in [0, 0.05) is 19.1 Å². The van der Waals surface area contributed by atoms with E-state index in [0.29, 0.717) is 0 Å². The minimum atomic E-state index is -1.52. The number of carbonyl (C=O) groups excluding carboxylic acids is 2. The average Bonchev–Trinajstić information content (AvgIpc) is 2.42. The summed E-state index contributed by atoms with van der Waals surface area (Å²) in [7, 11) is 0. The van der Waals surface area contributed by atoms with Crippen LogP contribution in [-0.4, -0.2) is 34.4 Å². The molecule has 0 bridgehead atoms. The summed E-state index contributed by atoms with van der Waals surface area (Å²) < 4.78 is 4.43. The molecule has 0 fully saturated rings. The van der Waals surface area contributed by atoms with Crippen LogP contribution in [0.25, 0.3) is 6.08 Å². The predicted octanol–water partition coefficient (Wildman–Crippen LogP) is 1.20. The van der Waals surface area contributed by atoms with Crippen LogP contribution in [0, 0.1) is 10.1 Å². The van der Waals surface area contributed by atoms with E-state index in [1.807, 2.05) is 0 Å². The first kappa shape index (κ1) is 16.0. The third-order valence-electron chi connectivity index (χ3n) is 2.33. The first-order chi connectivity index (χ1) is 9.81. The normalized spacial score (nSPS) is 10.8. The molecule has 0 spiro atoms. The number of nitro benzene ring substituents is 1. The van der Waals surface area contributed by atoms with Gasteiger partial charge >= 0.3 is 11.9 Å². The minimum Gasteiger partial charge on any atom is -0.478 e. The van der Waals surface area contributed by atoms with E-state index in [0.717, 1.165) is 19.1 Å². The molecule has 0 radical (unpaired) electrons. The van der Waals surface area contributed by atoms with E-state index < -0.39 is 34.8 Å². The van der Waals surface area contributed by atoms with Gasteiger partial charge in [0.1, 0.15) is 5.57 Å². The molecule has 21 heavy (non-hydrogen) atoms. The first-order valence-corrected chi connectivity index (χ1v) is 5.67. The highest BCUT2D eigenvalue weighted by atomic mass is 16.6. The van der Waals surface area contributed by atoms with Gasteiger partial charge in [0.05, 0.1) is 4.92 Å². The molecule has 0 aliphatic rings. The van der Waals surface area contributed by atoms with Gasteiger partial charge in [0.2, 0.25) is 5.78 Å². The van der Waals surface area contributed by atoms with Crippen LogP contribution in [0.4, 0.5) is 5.69 Å². The van der Waals surface area contributed by atoms with Gasteiger partial charge in [-0.15, -0.1) is 0 Å². The molecule has 0 aliphatic heterocycles. The van der Waals surface area contributed by atoms with Gasteiger partial charge in [-0.05, 0) is 11.6 Å².